The van der Waals surface area contributed by atoms with Gasteiger partial charge in [-0.2, -0.15) is 8.78 Å². The molecule has 0 amide bonds. The lowest BCUT2D eigenvalue weighted by atomic mass is 9.87. The van der Waals surface area contributed by atoms with Gasteiger partial charge in [0, 0.05) is 16.5 Å². The van der Waals surface area contributed by atoms with E-state index in [4.69, 9.17) is 0 Å². The number of carbonyl (C=O) groups is 2. The van der Waals surface area contributed by atoms with E-state index in [0.717, 1.165) is 0 Å². The number of rotatable bonds is 0. The number of hydrogen-bond donors (Lipinski definition) is 0. The lowest BCUT2D eigenvalue weighted by molar-refractivity contribution is -0.136. The van der Waals surface area contributed by atoms with Crippen LogP contribution in [0.1, 0.15) is 15.9 Å². The highest BCUT2D eigenvalue weighted by atomic mass is 79.9. The van der Waals surface area contributed by atoms with Gasteiger partial charge >= 0.3 is 5.92 Å². The zero-order valence-electron chi connectivity index (χ0n) is 7.39. The first-order valence-electron chi connectivity index (χ1n) is 4.17. The van der Waals surface area contributed by atoms with Crippen molar-refractivity contribution in [2.45, 2.75) is 12.3 Å². The van der Waals surface area contributed by atoms with Crippen LogP contribution in [0.4, 0.5) is 8.78 Å². The van der Waals surface area contributed by atoms with Gasteiger partial charge in [0.05, 0.1) is 0 Å². The van der Waals surface area contributed by atoms with Gasteiger partial charge in [-0.3, -0.25) is 9.59 Å². The summed E-state index contributed by atoms with van der Waals surface area (Å²) in [5.74, 6) is -6.60. The van der Waals surface area contributed by atoms with E-state index in [1.807, 2.05) is 0 Å². The molecule has 5 heteroatoms. The van der Waals surface area contributed by atoms with Gasteiger partial charge in [-0.15, -0.1) is 0 Å². The number of fused-ring (bicyclic) bond motifs is 1. The zero-order valence-corrected chi connectivity index (χ0v) is 8.98. The number of Topliss-reactive ketones (excluding diaryl/α,β-unsaturated/α-hetero) is 2. The number of ketones is 2. The van der Waals surface area contributed by atoms with Crippen LogP contribution in [0.3, 0.4) is 0 Å². The smallest absolute Gasteiger partial charge is 0.292 e. The van der Waals surface area contributed by atoms with Crippen LogP contribution in [0.25, 0.3) is 0 Å². The Balaban J connectivity index is 2.61. The van der Waals surface area contributed by atoms with Crippen LogP contribution >= 0.6 is 15.9 Å². The molecule has 2 nitrogen and oxygen atoms in total. The largest absolute Gasteiger partial charge is 0.367 e. The molecule has 0 aliphatic heterocycles. The van der Waals surface area contributed by atoms with Gasteiger partial charge in [-0.1, -0.05) is 15.9 Å². The first kappa shape index (κ1) is 10.4. The molecule has 0 saturated carbocycles. The van der Waals surface area contributed by atoms with Gasteiger partial charge in [0.2, 0.25) is 11.6 Å². The van der Waals surface area contributed by atoms with Crippen molar-refractivity contribution in [1.29, 1.82) is 0 Å². The molecule has 2 rings (SSSR count). The van der Waals surface area contributed by atoms with E-state index in [9.17, 15) is 18.4 Å². The molecule has 0 spiro atoms. The molecule has 1 aliphatic rings. The SMILES string of the molecule is O=C1Cc2cc(Br)ccc2C(=O)C1(F)F. The molecule has 0 aromatic heterocycles. The fraction of sp³-hybridized carbons (Fsp3) is 0.200. The molecular weight excluding hydrogens is 270 g/mol. The first-order chi connectivity index (χ1) is 6.93. The summed E-state index contributed by atoms with van der Waals surface area (Å²) in [5, 5.41) is 0. The molecule has 15 heavy (non-hydrogen) atoms. The van der Waals surface area contributed by atoms with Crippen LogP contribution in [0, 0.1) is 0 Å². The molecule has 78 valence electrons. The average molecular weight is 275 g/mol. The third-order valence-electron chi connectivity index (χ3n) is 2.30. The topological polar surface area (TPSA) is 34.1 Å². The molecule has 1 aromatic rings. The highest BCUT2D eigenvalue weighted by Gasteiger charge is 2.50. The van der Waals surface area contributed by atoms with Crippen molar-refractivity contribution in [1.82, 2.24) is 0 Å². The Kier molecular flexibility index (Phi) is 2.22. The van der Waals surface area contributed by atoms with Gasteiger partial charge in [-0.25, -0.2) is 0 Å². The van der Waals surface area contributed by atoms with Gasteiger partial charge in [0.15, 0.2) is 0 Å². The minimum absolute atomic E-state index is 0.0669. The van der Waals surface area contributed by atoms with Crippen molar-refractivity contribution in [3.8, 4) is 0 Å². The van der Waals surface area contributed by atoms with Crippen LogP contribution in [0.2, 0.25) is 0 Å². The summed E-state index contributed by atoms with van der Waals surface area (Å²) in [6, 6.07) is 4.32. The van der Waals surface area contributed by atoms with Crippen LogP contribution in [-0.2, 0) is 11.2 Å². The monoisotopic (exact) mass is 274 g/mol. The molecule has 1 aromatic carbocycles. The van der Waals surface area contributed by atoms with Gasteiger partial charge in [0.25, 0.3) is 0 Å². The number of carbonyl (C=O) groups excluding carboxylic acids is 2. The second-order valence-corrected chi connectivity index (χ2v) is 4.22. The normalized spacial score (nSPS) is 18.9. The molecule has 0 unspecified atom stereocenters. The van der Waals surface area contributed by atoms with Crippen molar-refractivity contribution < 1.29 is 18.4 Å². The molecule has 0 heterocycles. The second-order valence-electron chi connectivity index (χ2n) is 3.30. The first-order valence-corrected chi connectivity index (χ1v) is 4.96. The van der Waals surface area contributed by atoms with Crippen molar-refractivity contribution in [2.75, 3.05) is 0 Å². The Labute approximate surface area is 92.4 Å². The lowest BCUT2D eigenvalue weighted by Crippen LogP contribution is -2.43. The Bertz CT molecular complexity index is 468. The maximum atomic E-state index is 13.1. The van der Waals surface area contributed by atoms with Crippen LogP contribution in [0.15, 0.2) is 22.7 Å². The predicted octanol–water partition coefficient (Wildman–Crippen LogP) is 2.39. The highest BCUT2D eigenvalue weighted by Crippen LogP contribution is 2.31. The van der Waals surface area contributed by atoms with Gasteiger partial charge in [0.1, 0.15) is 0 Å². The Morgan fingerprint density at radius 3 is 2.60 bits per heavy atom. The fourth-order valence-corrected chi connectivity index (χ4v) is 1.92. The van der Waals surface area contributed by atoms with E-state index >= 15 is 0 Å². The summed E-state index contributed by atoms with van der Waals surface area (Å²) < 4.78 is 26.8. The molecule has 0 atom stereocenters. The Hall–Kier alpha value is -1.10. The quantitative estimate of drug-likeness (QED) is 0.681. The summed E-state index contributed by atoms with van der Waals surface area (Å²) in [7, 11) is 0. The van der Waals surface area contributed by atoms with Crippen LogP contribution in [-0.4, -0.2) is 17.5 Å². The zero-order chi connectivity index (χ0) is 11.2. The van der Waals surface area contributed by atoms with E-state index < -0.39 is 23.9 Å². The third-order valence-corrected chi connectivity index (χ3v) is 2.79. The number of halogens is 3. The summed E-state index contributed by atoms with van der Waals surface area (Å²) in [5.41, 5.74) is 0.285. The number of alkyl halides is 2. The maximum absolute atomic E-state index is 13.1. The van der Waals surface area contributed by atoms with Crippen molar-refractivity contribution >= 4 is 27.5 Å². The molecule has 0 saturated heterocycles. The minimum atomic E-state index is -3.86. The van der Waals surface area contributed by atoms with Crippen molar-refractivity contribution in [3.63, 3.8) is 0 Å². The van der Waals surface area contributed by atoms with Gasteiger partial charge < -0.3 is 0 Å². The standard InChI is InChI=1S/C10H5BrF2O2/c11-6-1-2-7-5(3-6)4-8(14)10(12,13)9(7)15/h1-3H,4H2. The molecular formula is C10H5BrF2O2. The lowest BCUT2D eigenvalue weighted by Gasteiger charge is -2.21. The van der Waals surface area contributed by atoms with E-state index in [1.165, 1.54) is 18.2 Å². The Morgan fingerprint density at radius 2 is 1.93 bits per heavy atom. The van der Waals surface area contributed by atoms with Crippen LogP contribution < -0.4 is 0 Å². The van der Waals surface area contributed by atoms with E-state index in [1.54, 1.807) is 0 Å². The molecule has 0 N–H and O–H groups in total. The molecule has 0 fully saturated rings. The van der Waals surface area contributed by atoms with Crippen molar-refractivity contribution in [2.24, 2.45) is 0 Å². The third kappa shape index (κ3) is 1.51. The maximum Gasteiger partial charge on any atom is 0.367 e. The summed E-state index contributed by atoms with van der Waals surface area (Å²) in [4.78, 5) is 22.3. The summed E-state index contributed by atoms with van der Waals surface area (Å²) in [6.45, 7) is 0. The van der Waals surface area contributed by atoms with Crippen LogP contribution in [0.5, 0.6) is 0 Å². The predicted molar refractivity (Wildman–Crippen MR) is 52.1 cm³/mol. The Morgan fingerprint density at radius 1 is 1.27 bits per heavy atom. The molecule has 0 radical (unpaired) electrons. The van der Waals surface area contributed by atoms with E-state index in [0.29, 0.717) is 10.0 Å². The number of benzene rings is 1. The highest BCUT2D eigenvalue weighted by molar-refractivity contribution is 9.10. The van der Waals surface area contributed by atoms with Gasteiger partial charge in [-0.05, 0) is 23.8 Å². The fourth-order valence-electron chi connectivity index (χ4n) is 1.51. The minimum Gasteiger partial charge on any atom is -0.292 e. The summed E-state index contributed by atoms with van der Waals surface area (Å²) in [6.07, 6.45) is -0.395. The van der Waals surface area contributed by atoms with E-state index in [-0.39, 0.29) is 5.56 Å². The molecule has 1 aliphatic carbocycles. The van der Waals surface area contributed by atoms with E-state index in [2.05, 4.69) is 15.9 Å². The van der Waals surface area contributed by atoms with Crippen molar-refractivity contribution in [3.05, 3.63) is 33.8 Å². The average Bonchev–Trinajstić information content (AvgIpc) is 2.15. The second kappa shape index (κ2) is 3.20. The summed E-state index contributed by atoms with van der Waals surface area (Å²) >= 11 is 3.15. The number of hydrogen-bond acceptors (Lipinski definition) is 2. The molecule has 0 bridgehead atoms.